The van der Waals surface area contributed by atoms with Crippen molar-refractivity contribution in [2.45, 2.75) is 40.0 Å². The number of hydrogen-bond donors (Lipinski definition) is 1. The molecule has 3 nitrogen and oxygen atoms in total. The van der Waals surface area contributed by atoms with Gasteiger partial charge in [0.05, 0.1) is 11.1 Å². The first-order valence-corrected chi connectivity index (χ1v) is 8.23. The molecule has 1 amide bonds. The lowest BCUT2D eigenvalue weighted by atomic mass is 9.64. The summed E-state index contributed by atoms with van der Waals surface area (Å²) in [7, 11) is 0. The second kappa shape index (κ2) is 4.63. The molecule has 2 atom stereocenters. The van der Waals surface area contributed by atoms with Crippen molar-refractivity contribution >= 4 is 33.3 Å². The molecular formula is C17H19BrFNO2. The molecule has 1 aromatic rings. The monoisotopic (exact) mass is 367 g/mol. The number of carbonyl (C=O) groups excluding carboxylic acids is 2. The van der Waals surface area contributed by atoms with Crippen molar-refractivity contribution in [1.29, 1.82) is 0 Å². The van der Waals surface area contributed by atoms with Crippen LogP contribution in [0, 0.1) is 22.1 Å². The van der Waals surface area contributed by atoms with E-state index in [1.54, 1.807) is 0 Å². The van der Waals surface area contributed by atoms with E-state index in [1.165, 1.54) is 18.2 Å². The van der Waals surface area contributed by atoms with E-state index in [0.29, 0.717) is 23.0 Å². The van der Waals surface area contributed by atoms with E-state index in [0.717, 1.165) is 6.42 Å². The SMILES string of the molecule is CC1(C)[C@@]2(C(=O)Nc3ccc(F)cc3Br)CC[C@@]1(C)C(=O)C2. The summed E-state index contributed by atoms with van der Waals surface area (Å²) in [6, 6.07) is 4.16. The summed E-state index contributed by atoms with van der Waals surface area (Å²) in [4.78, 5) is 25.4. The highest BCUT2D eigenvalue weighted by Crippen LogP contribution is 2.70. The van der Waals surface area contributed by atoms with Crippen LogP contribution in [0.1, 0.15) is 40.0 Å². The maximum atomic E-state index is 13.2. The minimum atomic E-state index is -0.674. The Balaban J connectivity index is 1.94. The highest BCUT2D eigenvalue weighted by Gasteiger charge is 2.72. The van der Waals surface area contributed by atoms with Gasteiger partial charge in [-0.1, -0.05) is 20.8 Å². The first kappa shape index (κ1) is 15.7. The first-order chi connectivity index (χ1) is 10.1. The largest absolute Gasteiger partial charge is 0.325 e. The zero-order valence-electron chi connectivity index (χ0n) is 12.9. The minimum Gasteiger partial charge on any atom is -0.325 e. The lowest BCUT2D eigenvalue weighted by Gasteiger charge is -2.38. The second-order valence-electron chi connectivity index (χ2n) is 7.22. The normalized spacial score (nSPS) is 32.3. The van der Waals surface area contributed by atoms with Gasteiger partial charge < -0.3 is 5.32 Å². The van der Waals surface area contributed by atoms with Crippen molar-refractivity contribution in [2.75, 3.05) is 5.32 Å². The molecule has 0 spiro atoms. The van der Waals surface area contributed by atoms with E-state index < -0.39 is 10.8 Å². The Morgan fingerprint density at radius 3 is 2.45 bits per heavy atom. The van der Waals surface area contributed by atoms with E-state index in [4.69, 9.17) is 0 Å². The quantitative estimate of drug-likeness (QED) is 0.846. The number of amides is 1. The van der Waals surface area contributed by atoms with Gasteiger partial charge in [0.2, 0.25) is 5.91 Å². The second-order valence-corrected chi connectivity index (χ2v) is 8.07. The minimum absolute atomic E-state index is 0.139. The van der Waals surface area contributed by atoms with Gasteiger partial charge in [0.25, 0.3) is 0 Å². The van der Waals surface area contributed by atoms with Crippen molar-refractivity contribution in [3.63, 3.8) is 0 Å². The summed E-state index contributed by atoms with van der Waals surface area (Å²) >= 11 is 3.26. The first-order valence-electron chi connectivity index (χ1n) is 7.44. The summed E-state index contributed by atoms with van der Waals surface area (Å²) in [6.45, 7) is 6.01. The number of benzene rings is 1. The third-order valence-corrected chi connectivity index (χ3v) is 6.98. The zero-order valence-corrected chi connectivity index (χ0v) is 14.5. The number of anilines is 1. The molecule has 2 fully saturated rings. The molecule has 2 aliphatic rings. The van der Waals surface area contributed by atoms with Crippen LogP contribution < -0.4 is 5.32 Å². The lowest BCUT2D eigenvalue weighted by molar-refractivity contribution is -0.131. The molecule has 0 unspecified atom stereocenters. The Bertz CT molecular complexity index is 687. The fourth-order valence-electron chi connectivity index (χ4n) is 4.19. The van der Waals surface area contributed by atoms with Gasteiger partial charge in [0.1, 0.15) is 11.6 Å². The van der Waals surface area contributed by atoms with Gasteiger partial charge in [0, 0.05) is 16.3 Å². The molecule has 0 aliphatic heterocycles. The summed E-state index contributed by atoms with van der Waals surface area (Å²) in [6.07, 6.45) is 1.75. The van der Waals surface area contributed by atoms with E-state index in [2.05, 4.69) is 21.2 Å². The van der Waals surface area contributed by atoms with Gasteiger partial charge >= 0.3 is 0 Å². The lowest BCUT2D eigenvalue weighted by Crippen LogP contribution is -2.43. The Hall–Kier alpha value is -1.23. The van der Waals surface area contributed by atoms with E-state index in [-0.39, 0.29) is 22.9 Å². The molecule has 5 heteroatoms. The van der Waals surface area contributed by atoms with Crippen LogP contribution >= 0.6 is 15.9 Å². The highest BCUT2D eigenvalue weighted by molar-refractivity contribution is 9.10. The summed E-state index contributed by atoms with van der Waals surface area (Å²) in [5.41, 5.74) is -0.949. The van der Waals surface area contributed by atoms with E-state index in [9.17, 15) is 14.0 Å². The zero-order chi connectivity index (χ0) is 16.3. The van der Waals surface area contributed by atoms with Crippen LogP contribution in [0.5, 0.6) is 0 Å². The van der Waals surface area contributed by atoms with Crippen LogP contribution in [-0.4, -0.2) is 11.7 Å². The molecule has 118 valence electrons. The fourth-order valence-corrected chi connectivity index (χ4v) is 4.64. The van der Waals surface area contributed by atoms with Gasteiger partial charge in [-0.2, -0.15) is 0 Å². The van der Waals surface area contributed by atoms with Gasteiger partial charge in [-0.3, -0.25) is 9.59 Å². The van der Waals surface area contributed by atoms with Gasteiger partial charge in [-0.05, 0) is 52.4 Å². The number of halogens is 2. The van der Waals surface area contributed by atoms with Crippen LogP contribution in [0.25, 0.3) is 0 Å². The van der Waals surface area contributed by atoms with Gasteiger partial charge in [-0.15, -0.1) is 0 Å². The third kappa shape index (κ3) is 1.78. The molecule has 2 aliphatic carbocycles. The third-order valence-electron chi connectivity index (χ3n) is 6.32. The Kier molecular flexibility index (Phi) is 3.30. The Morgan fingerprint density at radius 1 is 1.27 bits per heavy atom. The van der Waals surface area contributed by atoms with E-state index in [1.807, 2.05) is 20.8 Å². The molecule has 2 bridgehead atoms. The molecular weight excluding hydrogens is 349 g/mol. The van der Waals surface area contributed by atoms with Crippen molar-refractivity contribution < 1.29 is 14.0 Å². The molecule has 0 heterocycles. The molecule has 3 rings (SSSR count). The Labute approximate surface area is 137 Å². The average molecular weight is 368 g/mol. The number of fused-ring (bicyclic) bond motifs is 2. The number of ketones is 1. The predicted octanol–water partition coefficient (Wildman–Crippen LogP) is 4.31. The smallest absolute Gasteiger partial charge is 0.231 e. The molecule has 0 aromatic heterocycles. The van der Waals surface area contributed by atoms with Crippen LogP contribution in [0.15, 0.2) is 22.7 Å². The predicted molar refractivity (Wildman–Crippen MR) is 85.9 cm³/mol. The van der Waals surface area contributed by atoms with Crippen molar-refractivity contribution in [1.82, 2.24) is 0 Å². The van der Waals surface area contributed by atoms with Crippen LogP contribution in [-0.2, 0) is 9.59 Å². The van der Waals surface area contributed by atoms with Crippen LogP contribution in [0.4, 0.5) is 10.1 Å². The van der Waals surface area contributed by atoms with Gasteiger partial charge in [0.15, 0.2) is 0 Å². The maximum Gasteiger partial charge on any atom is 0.231 e. The van der Waals surface area contributed by atoms with Gasteiger partial charge in [-0.25, -0.2) is 4.39 Å². The van der Waals surface area contributed by atoms with Crippen molar-refractivity contribution in [2.24, 2.45) is 16.2 Å². The number of nitrogens with one attached hydrogen (secondary N) is 1. The van der Waals surface area contributed by atoms with E-state index >= 15 is 0 Å². The number of hydrogen-bond acceptors (Lipinski definition) is 2. The average Bonchev–Trinajstić information content (AvgIpc) is 2.72. The summed E-state index contributed by atoms with van der Waals surface area (Å²) in [5.74, 6) is -0.329. The Morgan fingerprint density at radius 2 is 1.95 bits per heavy atom. The van der Waals surface area contributed by atoms with Crippen molar-refractivity contribution in [3.8, 4) is 0 Å². The number of carbonyl (C=O) groups is 2. The molecule has 22 heavy (non-hydrogen) atoms. The van der Waals surface area contributed by atoms with Crippen LogP contribution in [0.2, 0.25) is 0 Å². The molecule has 0 saturated heterocycles. The molecule has 2 saturated carbocycles. The summed E-state index contributed by atoms with van der Waals surface area (Å²) < 4.78 is 13.7. The van der Waals surface area contributed by atoms with Crippen LogP contribution in [0.3, 0.4) is 0 Å². The number of rotatable bonds is 2. The fraction of sp³-hybridized carbons (Fsp3) is 0.529. The van der Waals surface area contributed by atoms with Crippen molar-refractivity contribution in [3.05, 3.63) is 28.5 Å². The summed E-state index contributed by atoms with van der Waals surface area (Å²) in [5, 5.41) is 2.89. The number of Topliss-reactive ketones (excluding diaryl/α,β-unsaturated/α-hetero) is 1. The highest BCUT2D eigenvalue weighted by atomic mass is 79.9. The maximum absolute atomic E-state index is 13.2. The standard InChI is InChI=1S/C17H19BrFNO2/c1-15(2)16(3)6-7-17(15,9-13(16)21)14(22)20-12-5-4-10(19)8-11(12)18/h4-5,8H,6-7,9H2,1-3H3,(H,20,22)/t16-,17-/m0/s1. The molecule has 1 N–H and O–H groups in total. The topological polar surface area (TPSA) is 46.2 Å². The molecule has 1 aromatic carbocycles. The molecule has 0 radical (unpaired) electrons.